The molecule has 6 nitrogen and oxygen atoms in total. The lowest BCUT2D eigenvalue weighted by molar-refractivity contribution is -0.133. The molecule has 0 saturated heterocycles. The normalized spacial score (nSPS) is 15.5. The van der Waals surface area contributed by atoms with Gasteiger partial charge in [0.25, 0.3) is 0 Å². The molecule has 0 fully saturated rings. The zero-order chi connectivity index (χ0) is 12.4. The number of benzene rings is 1. The van der Waals surface area contributed by atoms with Crippen molar-refractivity contribution in [3.63, 3.8) is 0 Å². The van der Waals surface area contributed by atoms with Crippen LogP contribution < -0.4 is 16.4 Å². The summed E-state index contributed by atoms with van der Waals surface area (Å²) in [6.07, 6.45) is -0.300. The molecule has 1 aromatic rings. The van der Waals surface area contributed by atoms with Crippen molar-refractivity contribution in [1.29, 1.82) is 0 Å². The van der Waals surface area contributed by atoms with Crippen LogP contribution in [-0.2, 0) is 14.4 Å². The van der Waals surface area contributed by atoms with Gasteiger partial charge in [0.2, 0.25) is 17.7 Å². The van der Waals surface area contributed by atoms with Crippen molar-refractivity contribution in [3.8, 4) is 0 Å². The SMILES string of the molecule is NC(=O)CC1C(=O)Nc2ccccc2NC1=O. The first-order valence-corrected chi connectivity index (χ1v) is 5.07. The van der Waals surface area contributed by atoms with Crippen molar-refractivity contribution in [3.05, 3.63) is 24.3 Å². The summed E-state index contributed by atoms with van der Waals surface area (Å²) in [7, 11) is 0. The van der Waals surface area contributed by atoms with Crippen LogP contribution in [0.25, 0.3) is 0 Å². The minimum absolute atomic E-state index is 0.300. The highest BCUT2D eigenvalue weighted by atomic mass is 16.2. The van der Waals surface area contributed by atoms with Crippen LogP contribution >= 0.6 is 0 Å². The van der Waals surface area contributed by atoms with Gasteiger partial charge in [-0.1, -0.05) is 12.1 Å². The molecule has 0 atom stereocenters. The smallest absolute Gasteiger partial charge is 0.237 e. The van der Waals surface area contributed by atoms with Crippen LogP contribution in [0.1, 0.15) is 6.42 Å². The lowest BCUT2D eigenvalue weighted by Crippen LogP contribution is -2.34. The highest BCUT2D eigenvalue weighted by Gasteiger charge is 2.31. The van der Waals surface area contributed by atoms with Gasteiger partial charge in [0, 0.05) is 6.42 Å². The van der Waals surface area contributed by atoms with E-state index in [4.69, 9.17) is 5.73 Å². The van der Waals surface area contributed by atoms with Crippen molar-refractivity contribution in [1.82, 2.24) is 0 Å². The van der Waals surface area contributed by atoms with E-state index in [0.717, 1.165) is 0 Å². The predicted molar refractivity (Wildman–Crippen MR) is 61.0 cm³/mol. The highest BCUT2D eigenvalue weighted by molar-refractivity contribution is 6.16. The number of nitrogens with two attached hydrogens (primary N) is 1. The summed E-state index contributed by atoms with van der Waals surface area (Å²) in [6.45, 7) is 0. The number of para-hydroxylation sites is 2. The third-order valence-electron chi connectivity index (χ3n) is 2.48. The summed E-state index contributed by atoms with van der Waals surface area (Å²) in [6, 6.07) is 6.81. The molecule has 0 radical (unpaired) electrons. The van der Waals surface area contributed by atoms with Crippen molar-refractivity contribution in [2.75, 3.05) is 10.6 Å². The molecule has 0 bridgehead atoms. The molecule has 17 heavy (non-hydrogen) atoms. The van der Waals surface area contributed by atoms with E-state index in [0.29, 0.717) is 11.4 Å². The fourth-order valence-corrected chi connectivity index (χ4v) is 1.65. The number of anilines is 2. The zero-order valence-corrected chi connectivity index (χ0v) is 8.90. The Morgan fingerprint density at radius 2 is 1.59 bits per heavy atom. The number of amides is 3. The Morgan fingerprint density at radius 3 is 2.00 bits per heavy atom. The number of carbonyl (C=O) groups is 3. The molecule has 88 valence electrons. The van der Waals surface area contributed by atoms with E-state index in [1.807, 2.05) is 0 Å². The molecule has 1 heterocycles. The molecule has 0 saturated carbocycles. The molecule has 6 heteroatoms. The molecule has 0 aromatic heterocycles. The first-order chi connectivity index (χ1) is 8.08. The summed E-state index contributed by atoms with van der Waals surface area (Å²) in [5, 5.41) is 5.16. The van der Waals surface area contributed by atoms with Crippen LogP contribution in [0.2, 0.25) is 0 Å². The second kappa shape index (κ2) is 4.25. The molecular formula is C11H11N3O3. The van der Waals surface area contributed by atoms with E-state index >= 15 is 0 Å². The van der Waals surface area contributed by atoms with E-state index < -0.39 is 23.6 Å². The van der Waals surface area contributed by atoms with E-state index in [9.17, 15) is 14.4 Å². The lowest BCUT2D eigenvalue weighted by atomic mass is 10.0. The Kier molecular flexibility index (Phi) is 2.78. The Balaban J connectivity index is 2.31. The van der Waals surface area contributed by atoms with Crippen molar-refractivity contribution in [2.24, 2.45) is 11.7 Å². The fraction of sp³-hybridized carbons (Fsp3) is 0.182. The maximum absolute atomic E-state index is 11.7. The van der Waals surface area contributed by atoms with E-state index in [1.165, 1.54) is 0 Å². The third-order valence-corrected chi connectivity index (χ3v) is 2.48. The Labute approximate surface area is 97.2 Å². The van der Waals surface area contributed by atoms with E-state index in [-0.39, 0.29) is 6.42 Å². The summed E-state index contributed by atoms with van der Waals surface area (Å²) in [4.78, 5) is 34.3. The van der Waals surface area contributed by atoms with Gasteiger partial charge in [-0.15, -0.1) is 0 Å². The second-order valence-electron chi connectivity index (χ2n) is 3.75. The zero-order valence-electron chi connectivity index (χ0n) is 8.90. The van der Waals surface area contributed by atoms with Crippen LogP contribution in [0.3, 0.4) is 0 Å². The molecular weight excluding hydrogens is 222 g/mol. The molecule has 1 aliphatic heterocycles. The van der Waals surface area contributed by atoms with Gasteiger partial charge in [-0.05, 0) is 12.1 Å². The van der Waals surface area contributed by atoms with Crippen LogP contribution in [0, 0.1) is 5.92 Å². The third kappa shape index (κ3) is 2.25. The van der Waals surface area contributed by atoms with Crippen molar-refractivity contribution in [2.45, 2.75) is 6.42 Å². The summed E-state index contributed by atoms with van der Waals surface area (Å²) < 4.78 is 0. The van der Waals surface area contributed by atoms with Gasteiger partial charge < -0.3 is 16.4 Å². The second-order valence-corrected chi connectivity index (χ2v) is 3.75. The quantitative estimate of drug-likeness (QED) is 0.630. The van der Waals surface area contributed by atoms with Gasteiger partial charge in [-0.2, -0.15) is 0 Å². The number of carbonyl (C=O) groups excluding carboxylic acids is 3. The number of nitrogens with one attached hydrogen (secondary N) is 2. The van der Waals surface area contributed by atoms with Gasteiger partial charge in [-0.3, -0.25) is 14.4 Å². The molecule has 1 aliphatic rings. The Morgan fingerprint density at radius 1 is 1.12 bits per heavy atom. The molecule has 0 aliphatic carbocycles. The lowest BCUT2D eigenvalue weighted by Gasteiger charge is -2.08. The first kappa shape index (κ1) is 11.1. The number of primary amides is 1. The summed E-state index contributed by atoms with van der Waals surface area (Å²) >= 11 is 0. The van der Waals surface area contributed by atoms with Gasteiger partial charge in [0.05, 0.1) is 11.4 Å². The van der Waals surface area contributed by atoms with E-state index in [1.54, 1.807) is 24.3 Å². The van der Waals surface area contributed by atoms with Crippen LogP contribution in [0.15, 0.2) is 24.3 Å². The van der Waals surface area contributed by atoms with Gasteiger partial charge in [-0.25, -0.2) is 0 Å². The average Bonchev–Trinajstić information content (AvgIpc) is 2.38. The highest BCUT2D eigenvalue weighted by Crippen LogP contribution is 2.26. The van der Waals surface area contributed by atoms with Gasteiger partial charge in [0.15, 0.2) is 0 Å². The largest absolute Gasteiger partial charge is 0.370 e. The summed E-state index contributed by atoms with van der Waals surface area (Å²) in [5.74, 6) is -2.82. The Hall–Kier alpha value is -2.37. The summed E-state index contributed by atoms with van der Waals surface area (Å²) in [5.41, 5.74) is 6.03. The first-order valence-electron chi connectivity index (χ1n) is 5.07. The van der Waals surface area contributed by atoms with Crippen LogP contribution in [-0.4, -0.2) is 17.7 Å². The Bertz CT molecular complexity index is 461. The maximum Gasteiger partial charge on any atom is 0.237 e. The minimum atomic E-state index is -1.08. The molecule has 2 rings (SSSR count). The number of hydrogen-bond donors (Lipinski definition) is 3. The monoisotopic (exact) mass is 233 g/mol. The number of rotatable bonds is 2. The minimum Gasteiger partial charge on any atom is -0.370 e. The molecule has 4 N–H and O–H groups in total. The van der Waals surface area contributed by atoms with Crippen molar-refractivity contribution < 1.29 is 14.4 Å². The topological polar surface area (TPSA) is 101 Å². The van der Waals surface area contributed by atoms with Gasteiger partial charge in [0.1, 0.15) is 5.92 Å². The standard InChI is InChI=1S/C11H11N3O3/c12-9(15)5-6-10(16)13-7-3-1-2-4-8(7)14-11(6)17/h1-4,6H,5H2,(H2,12,15)(H,13,16)(H,14,17). The molecule has 0 spiro atoms. The molecule has 3 amide bonds. The predicted octanol–water partition coefficient (Wildman–Crippen LogP) is 0.0688. The fourth-order valence-electron chi connectivity index (χ4n) is 1.65. The molecule has 1 aromatic carbocycles. The average molecular weight is 233 g/mol. The van der Waals surface area contributed by atoms with Gasteiger partial charge >= 0.3 is 0 Å². The molecule has 0 unspecified atom stereocenters. The number of hydrogen-bond acceptors (Lipinski definition) is 3. The van der Waals surface area contributed by atoms with Crippen LogP contribution in [0.4, 0.5) is 11.4 Å². The van der Waals surface area contributed by atoms with Crippen LogP contribution in [0.5, 0.6) is 0 Å². The maximum atomic E-state index is 11.7. The number of fused-ring (bicyclic) bond motifs is 1. The van der Waals surface area contributed by atoms with Crippen molar-refractivity contribution >= 4 is 29.1 Å². The van der Waals surface area contributed by atoms with E-state index in [2.05, 4.69) is 10.6 Å².